The average Bonchev–Trinajstić information content (AvgIpc) is 3.07. The Kier molecular flexibility index (Phi) is 4.76. The third-order valence-corrected chi connectivity index (χ3v) is 5.40. The maximum absolute atomic E-state index is 12.2. The highest BCUT2D eigenvalue weighted by Crippen LogP contribution is 2.26. The molecular weight excluding hydrogens is 298 g/mol. The predicted octanol–water partition coefficient (Wildman–Crippen LogP) is 2.51. The van der Waals surface area contributed by atoms with E-state index in [0.717, 1.165) is 36.6 Å². The van der Waals surface area contributed by atoms with Crippen molar-refractivity contribution in [3.05, 3.63) is 11.1 Å². The van der Waals surface area contributed by atoms with Crippen LogP contribution in [0.3, 0.4) is 0 Å². The first-order valence-corrected chi connectivity index (χ1v) is 9.04. The number of carbonyl (C=O) groups is 2. The molecule has 2 heterocycles. The van der Waals surface area contributed by atoms with E-state index in [4.69, 9.17) is 0 Å². The molecule has 1 aromatic rings. The SMILES string of the molecule is C[C@@H]1CCC[C@@H](NC(=O)Cc2csc(N3CCCC3=O)n2)C1. The van der Waals surface area contributed by atoms with Gasteiger partial charge in [-0.3, -0.25) is 14.5 Å². The lowest BCUT2D eigenvalue weighted by Crippen LogP contribution is -2.38. The van der Waals surface area contributed by atoms with Gasteiger partial charge in [0.05, 0.1) is 12.1 Å². The number of carbonyl (C=O) groups excluding carboxylic acids is 2. The predicted molar refractivity (Wildman–Crippen MR) is 87.0 cm³/mol. The summed E-state index contributed by atoms with van der Waals surface area (Å²) < 4.78 is 0. The Hall–Kier alpha value is -1.43. The second-order valence-corrected chi connectivity index (χ2v) is 7.32. The molecule has 6 heteroatoms. The van der Waals surface area contributed by atoms with Gasteiger partial charge in [0, 0.05) is 24.4 Å². The zero-order chi connectivity index (χ0) is 15.5. The van der Waals surface area contributed by atoms with Crippen molar-refractivity contribution >= 4 is 28.3 Å². The molecular formula is C16H23N3O2S. The van der Waals surface area contributed by atoms with Crippen molar-refractivity contribution in [1.29, 1.82) is 0 Å². The molecule has 22 heavy (non-hydrogen) atoms. The number of nitrogens with one attached hydrogen (secondary N) is 1. The minimum absolute atomic E-state index is 0.0451. The van der Waals surface area contributed by atoms with E-state index in [-0.39, 0.29) is 11.8 Å². The smallest absolute Gasteiger partial charge is 0.228 e. The summed E-state index contributed by atoms with van der Waals surface area (Å²) in [4.78, 5) is 30.1. The lowest BCUT2D eigenvalue weighted by Gasteiger charge is -2.27. The molecule has 2 aliphatic rings. The Labute approximate surface area is 135 Å². The van der Waals surface area contributed by atoms with Crippen molar-refractivity contribution in [3.8, 4) is 0 Å². The van der Waals surface area contributed by atoms with E-state index in [9.17, 15) is 9.59 Å². The first-order chi connectivity index (χ1) is 10.6. The molecule has 0 radical (unpaired) electrons. The molecule has 1 N–H and O–H groups in total. The molecule has 3 rings (SSSR count). The molecule has 2 fully saturated rings. The third-order valence-electron chi connectivity index (χ3n) is 4.49. The zero-order valence-electron chi connectivity index (χ0n) is 13.0. The molecule has 5 nitrogen and oxygen atoms in total. The van der Waals surface area contributed by atoms with Gasteiger partial charge in [0.1, 0.15) is 0 Å². The molecule has 1 saturated carbocycles. The maximum atomic E-state index is 12.2. The van der Waals surface area contributed by atoms with Gasteiger partial charge in [0.25, 0.3) is 0 Å². The van der Waals surface area contributed by atoms with Crippen molar-refractivity contribution in [2.45, 2.75) is 57.9 Å². The maximum Gasteiger partial charge on any atom is 0.228 e. The fourth-order valence-electron chi connectivity index (χ4n) is 3.36. The van der Waals surface area contributed by atoms with Gasteiger partial charge in [-0.25, -0.2) is 4.98 Å². The zero-order valence-corrected chi connectivity index (χ0v) is 13.8. The second-order valence-electron chi connectivity index (χ2n) is 6.48. The minimum atomic E-state index is 0.0451. The molecule has 0 unspecified atom stereocenters. The molecule has 120 valence electrons. The molecule has 0 spiro atoms. The van der Waals surface area contributed by atoms with Crippen LogP contribution in [0, 0.1) is 5.92 Å². The summed E-state index contributed by atoms with van der Waals surface area (Å²) in [6, 6.07) is 0.314. The van der Waals surface area contributed by atoms with Gasteiger partial charge in [-0.1, -0.05) is 19.8 Å². The van der Waals surface area contributed by atoms with Crippen molar-refractivity contribution in [1.82, 2.24) is 10.3 Å². The largest absolute Gasteiger partial charge is 0.353 e. The van der Waals surface area contributed by atoms with Gasteiger partial charge in [0.15, 0.2) is 5.13 Å². The number of amides is 2. The van der Waals surface area contributed by atoms with E-state index >= 15 is 0 Å². The van der Waals surface area contributed by atoms with Gasteiger partial charge < -0.3 is 5.32 Å². The Morgan fingerprint density at radius 3 is 3.05 bits per heavy atom. The summed E-state index contributed by atoms with van der Waals surface area (Å²) >= 11 is 1.45. The van der Waals surface area contributed by atoms with Crippen LogP contribution in [0.1, 0.15) is 51.1 Å². The standard InChI is InChI=1S/C16H23N3O2S/c1-11-4-2-5-12(8-11)17-14(20)9-13-10-22-16(18-13)19-7-3-6-15(19)21/h10-12H,2-9H2,1H3,(H,17,20)/t11-,12-/m1/s1. The van der Waals surface area contributed by atoms with Crippen LogP contribution in [-0.2, 0) is 16.0 Å². The topological polar surface area (TPSA) is 62.3 Å². The number of rotatable bonds is 4. The number of nitrogens with zero attached hydrogens (tertiary/aromatic N) is 2. The van der Waals surface area contributed by atoms with E-state index in [1.54, 1.807) is 4.90 Å². The molecule has 2 amide bonds. The molecule has 1 saturated heterocycles. The number of aromatic nitrogens is 1. The van der Waals surface area contributed by atoms with Crippen LogP contribution in [0.25, 0.3) is 0 Å². The summed E-state index contributed by atoms with van der Waals surface area (Å²) in [6.07, 6.45) is 6.44. The van der Waals surface area contributed by atoms with Gasteiger partial charge in [-0.15, -0.1) is 11.3 Å². The quantitative estimate of drug-likeness (QED) is 0.927. The molecule has 0 aromatic carbocycles. The summed E-state index contributed by atoms with van der Waals surface area (Å²) in [5.74, 6) is 0.886. The number of anilines is 1. The Morgan fingerprint density at radius 1 is 1.45 bits per heavy atom. The Morgan fingerprint density at radius 2 is 2.32 bits per heavy atom. The summed E-state index contributed by atoms with van der Waals surface area (Å²) in [5.41, 5.74) is 0.765. The highest BCUT2D eigenvalue weighted by Gasteiger charge is 2.25. The molecule has 1 aliphatic carbocycles. The Bertz CT molecular complexity index is 557. The second kappa shape index (κ2) is 6.77. The number of thiazole rings is 1. The van der Waals surface area contributed by atoms with Crippen LogP contribution in [-0.4, -0.2) is 29.4 Å². The summed E-state index contributed by atoms with van der Waals surface area (Å²) in [6.45, 7) is 3.00. The van der Waals surface area contributed by atoms with E-state index in [1.165, 1.54) is 24.2 Å². The van der Waals surface area contributed by atoms with Gasteiger partial charge in [0.2, 0.25) is 11.8 Å². The number of hydrogen-bond acceptors (Lipinski definition) is 4. The first kappa shape index (κ1) is 15.5. The average molecular weight is 321 g/mol. The summed E-state index contributed by atoms with van der Waals surface area (Å²) in [7, 11) is 0. The molecule has 0 bridgehead atoms. The van der Waals surface area contributed by atoms with Crippen LogP contribution in [0.4, 0.5) is 5.13 Å². The fraction of sp³-hybridized carbons (Fsp3) is 0.688. The first-order valence-electron chi connectivity index (χ1n) is 8.16. The van der Waals surface area contributed by atoms with Gasteiger partial charge in [-0.2, -0.15) is 0 Å². The lowest BCUT2D eigenvalue weighted by molar-refractivity contribution is -0.121. The van der Waals surface area contributed by atoms with Crippen LogP contribution >= 0.6 is 11.3 Å². The highest BCUT2D eigenvalue weighted by molar-refractivity contribution is 7.14. The van der Waals surface area contributed by atoms with E-state index in [2.05, 4.69) is 17.2 Å². The fourth-order valence-corrected chi connectivity index (χ4v) is 4.23. The third kappa shape index (κ3) is 3.66. The molecule has 1 aromatic heterocycles. The normalized spacial score (nSPS) is 25.5. The molecule has 1 aliphatic heterocycles. The van der Waals surface area contributed by atoms with E-state index < -0.39 is 0 Å². The number of hydrogen-bond donors (Lipinski definition) is 1. The van der Waals surface area contributed by atoms with Crippen molar-refractivity contribution in [2.75, 3.05) is 11.4 Å². The van der Waals surface area contributed by atoms with Crippen molar-refractivity contribution in [3.63, 3.8) is 0 Å². The van der Waals surface area contributed by atoms with Crippen LogP contribution in [0.5, 0.6) is 0 Å². The Balaban J connectivity index is 1.53. The monoisotopic (exact) mass is 321 g/mol. The summed E-state index contributed by atoms with van der Waals surface area (Å²) in [5, 5.41) is 5.76. The van der Waals surface area contributed by atoms with Crippen LogP contribution in [0.2, 0.25) is 0 Å². The van der Waals surface area contributed by atoms with Crippen molar-refractivity contribution < 1.29 is 9.59 Å². The van der Waals surface area contributed by atoms with Gasteiger partial charge >= 0.3 is 0 Å². The van der Waals surface area contributed by atoms with E-state index in [0.29, 0.717) is 24.8 Å². The minimum Gasteiger partial charge on any atom is -0.353 e. The highest BCUT2D eigenvalue weighted by atomic mass is 32.1. The molecule has 2 atom stereocenters. The lowest BCUT2D eigenvalue weighted by atomic mass is 9.87. The van der Waals surface area contributed by atoms with Gasteiger partial charge in [-0.05, 0) is 25.2 Å². The van der Waals surface area contributed by atoms with Crippen LogP contribution in [0.15, 0.2) is 5.38 Å². The van der Waals surface area contributed by atoms with Crippen LogP contribution < -0.4 is 10.2 Å². The van der Waals surface area contributed by atoms with Crippen molar-refractivity contribution in [2.24, 2.45) is 5.92 Å². The van der Waals surface area contributed by atoms with E-state index in [1.807, 2.05) is 5.38 Å².